The lowest BCUT2D eigenvalue weighted by atomic mass is 9.81. The molecule has 6 rings (SSSR count). The van der Waals surface area contributed by atoms with Crippen LogP contribution in [0.25, 0.3) is 0 Å². The molecule has 3 heterocycles. The van der Waals surface area contributed by atoms with Gasteiger partial charge in [0.15, 0.2) is 5.66 Å². The van der Waals surface area contributed by atoms with Crippen molar-refractivity contribution in [1.82, 2.24) is 19.6 Å². The molecule has 4 fully saturated rings. The summed E-state index contributed by atoms with van der Waals surface area (Å²) >= 11 is 0. The van der Waals surface area contributed by atoms with Crippen LogP contribution >= 0.6 is 0 Å². The van der Waals surface area contributed by atoms with E-state index in [9.17, 15) is 23.2 Å². The highest BCUT2D eigenvalue weighted by Crippen LogP contribution is 2.71. The van der Waals surface area contributed by atoms with E-state index < -0.39 is 34.8 Å². The monoisotopic (exact) mass is 542 g/mol. The number of amides is 2. The number of hydrogen-bond donors (Lipinski definition) is 0. The molecule has 39 heavy (non-hydrogen) atoms. The van der Waals surface area contributed by atoms with Crippen molar-refractivity contribution in [3.8, 4) is 6.07 Å². The minimum absolute atomic E-state index is 0.00818. The number of dihydropyridines is 1. The zero-order valence-electron chi connectivity index (χ0n) is 23.2. The van der Waals surface area contributed by atoms with Gasteiger partial charge < -0.3 is 9.80 Å². The van der Waals surface area contributed by atoms with Gasteiger partial charge in [0.2, 0.25) is 0 Å². The molecule has 0 bridgehead atoms. The number of likely N-dealkylation sites (N-methyl/N-ethyl adjacent to an activating group) is 1. The predicted octanol–water partition coefficient (Wildman–Crippen LogP) is 4.22. The number of urea groups is 1. The maximum atomic E-state index is 13.3. The largest absolute Gasteiger partial charge is 0.401 e. The summed E-state index contributed by atoms with van der Waals surface area (Å²) in [5.41, 5.74) is -0.379. The Kier molecular flexibility index (Phi) is 5.59. The van der Waals surface area contributed by atoms with Crippen molar-refractivity contribution in [2.45, 2.75) is 57.4 Å². The molecule has 4 unspecified atom stereocenters. The van der Waals surface area contributed by atoms with Crippen molar-refractivity contribution >= 4 is 11.7 Å². The van der Waals surface area contributed by atoms with Gasteiger partial charge in [0, 0.05) is 45.4 Å². The van der Waals surface area contributed by atoms with Crippen molar-refractivity contribution in [3.05, 3.63) is 36.0 Å². The van der Waals surface area contributed by atoms with Crippen LogP contribution in [-0.4, -0.2) is 102 Å². The SMILES string of the molecule is CN1C(=O)N(CC(C)(C)C)C23C=CC(C45C=C(CN6CCCN(CC(F)(F)F)CC6)C=CC4(C#N)C5)=NC12C3. The van der Waals surface area contributed by atoms with Crippen LogP contribution in [0.3, 0.4) is 0 Å². The maximum absolute atomic E-state index is 13.3. The molecular weight excluding hydrogens is 505 g/mol. The van der Waals surface area contributed by atoms with Crippen LogP contribution in [-0.2, 0) is 0 Å². The molecule has 2 amide bonds. The molecule has 0 radical (unpaired) electrons. The summed E-state index contributed by atoms with van der Waals surface area (Å²) < 4.78 is 38.7. The zero-order chi connectivity index (χ0) is 28.1. The number of rotatable bonds is 5. The Morgan fingerprint density at radius 2 is 1.74 bits per heavy atom. The van der Waals surface area contributed by atoms with Crippen molar-refractivity contribution in [1.29, 1.82) is 5.26 Å². The van der Waals surface area contributed by atoms with Crippen molar-refractivity contribution < 1.29 is 18.0 Å². The number of allylic oxidation sites excluding steroid dienone is 3. The van der Waals surface area contributed by atoms with E-state index in [1.807, 2.05) is 30.2 Å². The van der Waals surface area contributed by atoms with Crippen LogP contribution in [0.5, 0.6) is 0 Å². The van der Waals surface area contributed by atoms with Gasteiger partial charge in [-0.25, -0.2) is 4.79 Å². The first kappa shape index (κ1) is 26.6. The Labute approximate surface area is 228 Å². The van der Waals surface area contributed by atoms with Gasteiger partial charge in [-0.2, -0.15) is 18.4 Å². The zero-order valence-corrected chi connectivity index (χ0v) is 23.2. The lowest BCUT2D eigenvalue weighted by Crippen LogP contribution is -2.44. The van der Waals surface area contributed by atoms with Crippen LogP contribution in [0.2, 0.25) is 0 Å². The average molecular weight is 543 g/mol. The van der Waals surface area contributed by atoms with Gasteiger partial charge in [-0.1, -0.05) is 45.1 Å². The molecule has 3 aliphatic heterocycles. The topological polar surface area (TPSA) is 66.2 Å². The third kappa shape index (κ3) is 3.99. The number of nitrogens with zero attached hydrogens (tertiary/aromatic N) is 6. The fourth-order valence-electron chi connectivity index (χ4n) is 7.36. The van der Waals surface area contributed by atoms with Crippen molar-refractivity contribution in [2.75, 3.05) is 52.9 Å². The number of hydrogen-bond acceptors (Lipinski definition) is 5. The summed E-state index contributed by atoms with van der Waals surface area (Å²) in [6.07, 6.45) is 8.27. The second-order valence-electron chi connectivity index (χ2n) is 13.5. The van der Waals surface area contributed by atoms with Crippen LogP contribution in [0, 0.1) is 27.6 Å². The van der Waals surface area contributed by atoms with E-state index in [1.54, 1.807) is 4.90 Å². The molecule has 4 atom stereocenters. The Morgan fingerprint density at radius 1 is 1.03 bits per heavy atom. The van der Waals surface area contributed by atoms with Gasteiger partial charge in [-0.05, 0) is 43.0 Å². The van der Waals surface area contributed by atoms with Crippen LogP contribution in [0.4, 0.5) is 18.0 Å². The van der Waals surface area contributed by atoms with Crippen molar-refractivity contribution in [2.24, 2.45) is 21.2 Å². The summed E-state index contributed by atoms with van der Waals surface area (Å²) in [6, 6.07) is 2.53. The number of nitriles is 1. The van der Waals surface area contributed by atoms with E-state index in [1.165, 1.54) is 4.90 Å². The molecule has 0 N–H and O–H groups in total. The second kappa shape index (κ2) is 8.20. The molecule has 210 valence electrons. The number of carbonyl (C=O) groups excluding carboxylic acids is 1. The highest BCUT2D eigenvalue weighted by molar-refractivity contribution is 6.08. The molecule has 2 saturated carbocycles. The number of fused-ring (bicyclic) bond motifs is 1. The van der Waals surface area contributed by atoms with E-state index in [0.29, 0.717) is 45.6 Å². The summed E-state index contributed by atoms with van der Waals surface area (Å²) in [5.74, 6) is 0. The fraction of sp³-hybridized carbons (Fsp3) is 0.690. The lowest BCUT2D eigenvalue weighted by Gasteiger charge is -2.32. The van der Waals surface area contributed by atoms with Gasteiger partial charge in [-0.3, -0.25) is 14.8 Å². The molecule has 10 heteroatoms. The molecular formula is C29H37F3N6O. The Bertz CT molecular complexity index is 1260. The van der Waals surface area contributed by atoms with E-state index in [2.05, 4.69) is 43.9 Å². The molecule has 7 nitrogen and oxygen atoms in total. The second-order valence-corrected chi connectivity index (χ2v) is 13.5. The molecule has 6 aliphatic rings. The van der Waals surface area contributed by atoms with Crippen molar-refractivity contribution in [3.63, 3.8) is 0 Å². The smallest absolute Gasteiger partial charge is 0.310 e. The first-order valence-electron chi connectivity index (χ1n) is 13.9. The third-order valence-corrected chi connectivity index (χ3v) is 9.48. The number of carbonyl (C=O) groups is 1. The summed E-state index contributed by atoms with van der Waals surface area (Å²) in [6.45, 7) is 8.92. The minimum Gasteiger partial charge on any atom is -0.310 e. The van der Waals surface area contributed by atoms with Crippen LogP contribution < -0.4 is 0 Å². The minimum atomic E-state index is -4.18. The highest BCUT2D eigenvalue weighted by atomic mass is 19.4. The Hall–Kier alpha value is -2.64. The summed E-state index contributed by atoms with van der Waals surface area (Å²) in [4.78, 5) is 26.0. The highest BCUT2D eigenvalue weighted by Gasteiger charge is 2.81. The Morgan fingerprint density at radius 3 is 2.44 bits per heavy atom. The maximum Gasteiger partial charge on any atom is 0.401 e. The van der Waals surface area contributed by atoms with E-state index in [-0.39, 0.29) is 11.4 Å². The van der Waals surface area contributed by atoms with Gasteiger partial charge >= 0.3 is 12.2 Å². The van der Waals surface area contributed by atoms with E-state index in [4.69, 9.17) is 4.99 Å². The number of alkyl halides is 3. The number of aliphatic imine (C=N–C) groups is 1. The molecule has 2 saturated heterocycles. The molecule has 0 spiro atoms. The first-order chi connectivity index (χ1) is 18.2. The first-order valence-corrected chi connectivity index (χ1v) is 13.9. The van der Waals surface area contributed by atoms with E-state index >= 15 is 0 Å². The summed E-state index contributed by atoms with van der Waals surface area (Å²) in [7, 11) is 1.83. The quantitative estimate of drug-likeness (QED) is 0.522. The molecule has 0 aromatic rings. The summed E-state index contributed by atoms with van der Waals surface area (Å²) in [5, 5.41) is 10.2. The van der Waals surface area contributed by atoms with Gasteiger partial charge in [0.25, 0.3) is 0 Å². The lowest BCUT2D eigenvalue weighted by molar-refractivity contribution is -0.145. The molecule has 3 aliphatic carbocycles. The number of halogens is 3. The third-order valence-electron chi connectivity index (χ3n) is 9.48. The normalized spacial score (nSPS) is 37.9. The Balaban J connectivity index is 1.23. The predicted molar refractivity (Wildman–Crippen MR) is 142 cm³/mol. The van der Waals surface area contributed by atoms with Gasteiger partial charge in [-0.15, -0.1) is 0 Å². The standard InChI is InChI=1S/C29H37F3N6O/c1-24(2,3)19-38-23(39)35(4)28-17-27(28,38)9-7-22(34-28)26-14-21(6-8-25(26,16-26)18-33)15-36-10-5-11-37(13-12-36)20-29(30,31)32/h6-9,14H,5,10-13,15-17,19-20H2,1-4H3. The molecule has 0 aromatic heterocycles. The van der Waals surface area contributed by atoms with Crippen LogP contribution in [0.15, 0.2) is 40.9 Å². The van der Waals surface area contributed by atoms with Crippen LogP contribution in [0.1, 0.15) is 40.0 Å². The fourth-order valence-corrected chi connectivity index (χ4v) is 7.36. The molecule has 0 aromatic carbocycles. The van der Waals surface area contributed by atoms with Gasteiger partial charge in [0.1, 0.15) is 5.54 Å². The van der Waals surface area contributed by atoms with E-state index in [0.717, 1.165) is 24.3 Å². The average Bonchev–Trinajstić information content (AvgIpc) is 3.72. The van der Waals surface area contributed by atoms with Gasteiger partial charge in [0.05, 0.1) is 23.4 Å².